The van der Waals surface area contributed by atoms with Gasteiger partial charge in [0.15, 0.2) is 5.01 Å². The van der Waals surface area contributed by atoms with Crippen molar-refractivity contribution in [1.82, 2.24) is 20.1 Å². The number of para-hydroxylation sites is 1. The lowest BCUT2D eigenvalue weighted by Gasteiger charge is -2.32. The number of carbonyl (C=O) groups is 1. The Labute approximate surface area is 207 Å². The van der Waals surface area contributed by atoms with Crippen LogP contribution in [0, 0.1) is 0 Å². The number of thiazole rings is 1. The smallest absolute Gasteiger partial charge is 0.282 e. The fourth-order valence-electron chi connectivity index (χ4n) is 5.04. The van der Waals surface area contributed by atoms with Gasteiger partial charge < -0.3 is 14.4 Å². The quantitative estimate of drug-likeness (QED) is 0.431. The number of nitrogens with one attached hydrogen (secondary N) is 1. The van der Waals surface area contributed by atoms with Gasteiger partial charge in [0, 0.05) is 41.7 Å². The Kier molecular flexibility index (Phi) is 5.74. The van der Waals surface area contributed by atoms with Crippen molar-refractivity contribution in [2.75, 3.05) is 26.8 Å². The van der Waals surface area contributed by atoms with Gasteiger partial charge in [0.2, 0.25) is 0 Å². The van der Waals surface area contributed by atoms with E-state index < -0.39 is 0 Å². The third-order valence-electron chi connectivity index (χ3n) is 6.90. The van der Waals surface area contributed by atoms with E-state index in [-0.39, 0.29) is 5.91 Å². The van der Waals surface area contributed by atoms with E-state index in [4.69, 9.17) is 14.5 Å². The predicted molar refractivity (Wildman–Crippen MR) is 135 cm³/mol. The van der Waals surface area contributed by atoms with Crippen molar-refractivity contribution >= 4 is 17.2 Å². The lowest BCUT2D eigenvalue weighted by atomic mass is 9.89. The molecule has 2 aliphatic rings. The Hall–Kier alpha value is -3.65. The first-order valence-electron chi connectivity index (χ1n) is 11.9. The monoisotopic (exact) mass is 486 g/mol. The summed E-state index contributed by atoms with van der Waals surface area (Å²) in [6, 6.07) is 14.3. The molecule has 4 aromatic rings. The molecule has 178 valence electrons. The number of aromatic amines is 1. The summed E-state index contributed by atoms with van der Waals surface area (Å²) in [6.07, 6.45) is 6.24. The van der Waals surface area contributed by atoms with Gasteiger partial charge in [0.25, 0.3) is 5.91 Å². The van der Waals surface area contributed by atoms with E-state index in [2.05, 4.69) is 22.3 Å². The van der Waals surface area contributed by atoms with Crippen LogP contribution in [0.3, 0.4) is 0 Å². The molecule has 8 heteroatoms. The summed E-state index contributed by atoms with van der Waals surface area (Å²) in [4.78, 5) is 21.3. The van der Waals surface area contributed by atoms with Crippen LogP contribution >= 0.6 is 11.3 Å². The molecule has 0 unspecified atom stereocenters. The lowest BCUT2D eigenvalue weighted by molar-refractivity contribution is 0.0712. The van der Waals surface area contributed by atoms with Crippen LogP contribution in [0.15, 0.2) is 54.9 Å². The van der Waals surface area contributed by atoms with E-state index >= 15 is 0 Å². The minimum absolute atomic E-state index is 0.0269. The Bertz CT molecular complexity index is 1360. The summed E-state index contributed by atoms with van der Waals surface area (Å²) in [7, 11) is 1.71. The molecule has 1 N–H and O–H groups in total. The SMILES string of the molecule is COc1ccccc1C1CCN(C(=O)c2nc3c(s2)CCOc2cc(-c4cn[nH]c4)ccc2-3)CC1. The number of hydrogen-bond acceptors (Lipinski definition) is 6. The average molecular weight is 487 g/mol. The number of amides is 1. The molecule has 1 amide bonds. The van der Waals surface area contributed by atoms with Crippen molar-refractivity contribution in [2.45, 2.75) is 25.2 Å². The molecule has 4 heterocycles. The summed E-state index contributed by atoms with van der Waals surface area (Å²) in [5.41, 5.74) is 5.08. The number of piperidine rings is 1. The standard InChI is InChI=1S/C27H26N4O3S/c1-33-22-5-3-2-4-20(22)17-8-11-31(12-9-17)27(32)26-30-25-21-7-6-18(19-15-28-29-16-19)14-23(21)34-13-10-24(25)35-26/h2-7,14-17H,8-13H2,1H3,(H,28,29). The summed E-state index contributed by atoms with van der Waals surface area (Å²) < 4.78 is 11.6. The maximum absolute atomic E-state index is 13.4. The normalized spacial score (nSPS) is 15.6. The zero-order valence-electron chi connectivity index (χ0n) is 19.5. The van der Waals surface area contributed by atoms with Crippen LogP contribution in [-0.4, -0.2) is 52.8 Å². The summed E-state index contributed by atoms with van der Waals surface area (Å²) in [5, 5.41) is 7.46. The van der Waals surface area contributed by atoms with Crippen LogP contribution < -0.4 is 9.47 Å². The maximum atomic E-state index is 13.4. The van der Waals surface area contributed by atoms with E-state index in [0.717, 1.165) is 71.1 Å². The van der Waals surface area contributed by atoms with Crippen LogP contribution in [-0.2, 0) is 6.42 Å². The number of hydrogen-bond donors (Lipinski definition) is 1. The van der Waals surface area contributed by atoms with Crippen LogP contribution in [0.4, 0.5) is 0 Å². The van der Waals surface area contributed by atoms with Crippen molar-refractivity contribution < 1.29 is 14.3 Å². The van der Waals surface area contributed by atoms with Gasteiger partial charge in [0.05, 0.1) is 25.6 Å². The van der Waals surface area contributed by atoms with Crippen LogP contribution in [0.25, 0.3) is 22.4 Å². The highest BCUT2D eigenvalue weighted by Crippen LogP contribution is 2.40. The van der Waals surface area contributed by atoms with E-state index in [1.807, 2.05) is 41.4 Å². The zero-order chi connectivity index (χ0) is 23.8. The van der Waals surface area contributed by atoms with Crippen LogP contribution in [0.5, 0.6) is 11.5 Å². The highest BCUT2D eigenvalue weighted by Gasteiger charge is 2.29. The van der Waals surface area contributed by atoms with Crippen molar-refractivity contribution in [3.05, 3.63) is 70.3 Å². The number of methoxy groups -OCH3 is 1. The molecule has 2 aromatic heterocycles. The van der Waals surface area contributed by atoms with Gasteiger partial charge in [-0.2, -0.15) is 5.10 Å². The highest BCUT2D eigenvalue weighted by atomic mass is 32.1. The number of likely N-dealkylation sites (tertiary alicyclic amines) is 1. The third-order valence-corrected chi connectivity index (χ3v) is 8.00. The Balaban J connectivity index is 1.21. The maximum Gasteiger partial charge on any atom is 0.282 e. The minimum atomic E-state index is 0.0269. The van der Waals surface area contributed by atoms with Crippen molar-refractivity contribution in [3.8, 4) is 33.9 Å². The second-order valence-electron chi connectivity index (χ2n) is 8.90. The molecule has 6 rings (SSSR count). The van der Waals surface area contributed by atoms with Gasteiger partial charge in [-0.1, -0.05) is 24.3 Å². The van der Waals surface area contributed by atoms with Gasteiger partial charge in [0.1, 0.15) is 11.5 Å². The third kappa shape index (κ3) is 4.08. The van der Waals surface area contributed by atoms with Gasteiger partial charge >= 0.3 is 0 Å². The largest absolute Gasteiger partial charge is 0.496 e. The van der Waals surface area contributed by atoms with Gasteiger partial charge in [-0.25, -0.2) is 4.98 Å². The molecular formula is C27H26N4O3S. The van der Waals surface area contributed by atoms with Crippen LogP contribution in [0.1, 0.15) is 39.0 Å². The molecule has 2 aromatic carbocycles. The van der Waals surface area contributed by atoms with E-state index in [0.29, 0.717) is 17.5 Å². The van der Waals surface area contributed by atoms with E-state index in [1.165, 1.54) is 16.9 Å². The molecule has 0 aliphatic carbocycles. The number of H-pyrrole nitrogens is 1. The lowest BCUT2D eigenvalue weighted by Crippen LogP contribution is -2.37. The second-order valence-corrected chi connectivity index (χ2v) is 9.98. The van der Waals surface area contributed by atoms with Crippen molar-refractivity contribution in [2.24, 2.45) is 0 Å². The fourth-order valence-corrected chi connectivity index (χ4v) is 6.06. The van der Waals surface area contributed by atoms with Crippen molar-refractivity contribution in [3.63, 3.8) is 0 Å². The molecule has 35 heavy (non-hydrogen) atoms. The van der Waals surface area contributed by atoms with Crippen LogP contribution in [0.2, 0.25) is 0 Å². The predicted octanol–water partition coefficient (Wildman–Crippen LogP) is 5.16. The average Bonchev–Trinajstić information content (AvgIpc) is 3.56. The van der Waals surface area contributed by atoms with Gasteiger partial charge in [-0.15, -0.1) is 11.3 Å². The summed E-state index contributed by atoms with van der Waals surface area (Å²) in [5.74, 6) is 2.15. The minimum Gasteiger partial charge on any atom is -0.496 e. The van der Waals surface area contributed by atoms with Gasteiger partial charge in [-0.05, 0) is 48.1 Å². The molecule has 2 aliphatic heterocycles. The second kappa shape index (κ2) is 9.19. The molecule has 0 spiro atoms. The highest BCUT2D eigenvalue weighted by molar-refractivity contribution is 7.14. The van der Waals surface area contributed by atoms with E-state index in [1.54, 1.807) is 13.3 Å². The molecule has 0 atom stereocenters. The summed E-state index contributed by atoms with van der Waals surface area (Å²) in [6.45, 7) is 2.01. The zero-order valence-corrected chi connectivity index (χ0v) is 20.3. The van der Waals surface area contributed by atoms with E-state index in [9.17, 15) is 4.79 Å². The number of benzene rings is 2. The summed E-state index contributed by atoms with van der Waals surface area (Å²) >= 11 is 1.50. The van der Waals surface area contributed by atoms with Crippen molar-refractivity contribution in [1.29, 1.82) is 0 Å². The molecule has 0 radical (unpaired) electrons. The molecule has 1 fully saturated rings. The number of nitrogens with zero attached hydrogens (tertiary/aromatic N) is 3. The number of rotatable bonds is 4. The molecule has 0 saturated carbocycles. The number of carbonyl (C=O) groups excluding carboxylic acids is 1. The molecule has 7 nitrogen and oxygen atoms in total. The molecular weight excluding hydrogens is 460 g/mol. The first-order valence-corrected chi connectivity index (χ1v) is 12.7. The fraction of sp³-hybridized carbons (Fsp3) is 0.296. The molecule has 0 bridgehead atoms. The topological polar surface area (TPSA) is 80.3 Å². The first-order chi connectivity index (χ1) is 17.2. The number of ether oxygens (including phenoxy) is 2. The Morgan fingerprint density at radius 3 is 2.83 bits per heavy atom. The Morgan fingerprint density at radius 2 is 2.03 bits per heavy atom. The number of aromatic nitrogens is 3. The Morgan fingerprint density at radius 1 is 1.17 bits per heavy atom. The van der Waals surface area contributed by atoms with Gasteiger partial charge in [-0.3, -0.25) is 9.89 Å². The molecule has 1 saturated heterocycles. The number of fused-ring (bicyclic) bond motifs is 3. The first kappa shape index (κ1) is 21.9.